The van der Waals surface area contributed by atoms with Crippen molar-refractivity contribution in [3.8, 4) is 0 Å². The third-order valence-electron chi connectivity index (χ3n) is 2.47. The van der Waals surface area contributed by atoms with Crippen LogP contribution in [0.1, 0.15) is 11.1 Å². The fraction of sp³-hybridized carbons (Fsp3) is 0.143. The Morgan fingerprint density at radius 2 is 1.16 bits per heavy atom. The van der Waals surface area contributed by atoms with Crippen LogP contribution in [-0.4, -0.2) is 44.6 Å². The number of rotatable bonds is 6. The van der Waals surface area contributed by atoms with Crippen molar-refractivity contribution in [1.82, 2.24) is 0 Å². The van der Waals surface area contributed by atoms with Crippen molar-refractivity contribution in [2.75, 3.05) is 0 Å². The summed E-state index contributed by atoms with van der Waals surface area (Å²) in [7, 11) is 0. The summed E-state index contributed by atoms with van der Waals surface area (Å²) in [5, 5.41) is 1.97. The molecule has 0 bridgehead atoms. The molecule has 5 heteroatoms. The second kappa shape index (κ2) is 7.86. The first-order valence-electron chi connectivity index (χ1n) is 5.85. The van der Waals surface area contributed by atoms with Gasteiger partial charge in [0, 0.05) is 0 Å². The van der Waals surface area contributed by atoms with Crippen molar-refractivity contribution in [3.05, 3.63) is 71.8 Å². The van der Waals surface area contributed by atoms with Crippen molar-refractivity contribution in [2.45, 2.75) is 10.6 Å². The molecule has 0 spiro atoms. The van der Waals surface area contributed by atoms with Gasteiger partial charge in [0.15, 0.2) is 0 Å². The van der Waals surface area contributed by atoms with Crippen LogP contribution in [0, 0.1) is 0 Å². The van der Waals surface area contributed by atoms with Gasteiger partial charge < -0.3 is 0 Å². The van der Waals surface area contributed by atoms with Gasteiger partial charge in [-0.15, -0.1) is 0 Å². The Balaban J connectivity index is 1.84. The topological polar surface area (TPSA) is 17.1 Å². The van der Waals surface area contributed by atoms with E-state index in [0.717, 1.165) is 10.6 Å². The Morgan fingerprint density at radius 1 is 0.789 bits per heavy atom. The fourth-order valence-electron chi connectivity index (χ4n) is 1.50. The zero-order valence-corrected chi connectivity index (χ0v) is 16.5. The van der Waals surface area contributed by atoms with Crippen molar-refractivity contribution < 1.29 is 4.57 Å². The van der Waals surface area contributed by atoms with Crippen LogP contribution in [0.3, 0.4) is 0 Å². The fourth-order valence-corrected chi connectivity index (χ4v) is 17.1. The molecule has 0 saturated carbocycles. The van der Waals surface area contributed by atoms with E-state index >= 15 is 0 Å². The molecule has 0 amide bonds. The summed E-state index contributed by atoms with van der Waals surface area (Å²) >= 11 is 2.92. The van der Waals surface area contributed by atoms with E-state index in [2.05, 4.69) is 64.1 Å². The number of benzene rings is 2. The predicted octanol–water partition coefficient (Wildman–Crippen LogP) is 2.80. The Hall–Kier alpha value is 0.228. The quantitative estimate of drug-likeness (QED) is 0.472. The molecular weight excluding hydrogens is 452 g/mol. The predicted molar refractivity (Wildman–Crippen MR) is 86.6 cm³/mol. The van der Waals surface area contributed by atoms with E-state index in [1.165, 1.54) is 11.1 Å². The Kier molecular flexibility index (Phi) is 6.46. The zero-order chi connectivity index (χ0) is 13.6. The average molecular weight is 467 g/mol. The van der Waals surface area contributed by atoms with Gasteiger partial charge in [0.2, 0.25) is 0 Å². The van der Waals surface area contributed by atoms with Crippen LogP contribution in [0.25, 0.3) is 0 Å². The summed E-state index contributed by atoms with van der Waals surface area (Å²) in [6, 6.07) is 20.8. The molecule has 2 rings (SSSR count). The van der Waals surface area contributed by atoms with Gasteiger partial charge in [-0.1, -0.05) is 0 Å². The van der Waals surface area contributed by atoms with Gasteiger partial charge in [-0.3, -0.25) is 0 Å². The second-order valence-corrected chi connectivity index (χ2v) is 31.4. The molecule has 19 heavy (non-hydrogen) atoms. The Labute approximate surface area is 134 Å². The van der Waals surface area contributed by atoms with Gasteiger partial charge in [0.1, 0.15) is 0 Å². The molecule has 0 aliphatic carbocycles. The van der Waals surface area contributed by atoms with Crippen LogP contribution in [-0.2, 0) is 15.2 Å². The molecule has 0 aliphatic rings. The maximum absolute atomic E-state index is 12.6. The first-order chi connectivity index (χ1) is 9.16. The molecule has 0 fully saturated rings. The van der Waals surface area contributed by atoms with Gasteiger partial charge in [-0.25, -0.2) is 0 Å². The van der Waals surface area contributed by atoms with E-state index < -0.39 is 3.21 Å². The number of hydrogen-bond acceptors (Lipinski definition) is 1. The van der Waals surface area contributed by atoms with Gasteiger partial charge in [-0.05, 0) is 0 Å². The van der Waals surface area contributed by atoms with Gasteiger partial charge in [0.05, 0.1) is 0 Å². The molecule has 0 saturated heterocycles. The molecule has 0 N–H and O–H groups in total. The van der Waals surface area contributed by atoms with Crippen molar-refractivity contribution in [2.24, 2.45) is 0 Å². The minimum absolute atomic E-state index is 0.211. The van der Waals surface area contributed by atoms with Crippen molar-refractivity contribution in [1.29, 1.82) is 0 Å². The molecule has 0 aromatic heterocycles. The van der Waals surface area contributed by atoms with Gasteiger partial charge in [0.25, 0.3) is 0 Å². The molecule has 2 aromatic rings. The van der Waals surface area contributed by atoms with E-state index in [-0.39, 0.29) is 29.0 Å². The van der Waals surface area contributed by atoms with Crippen LogP contribution in [0.2, 0.25) is 0 Å². The van der Waals surface area contributed by atoms with Crippen LogP contribution in [0.5, 0.6) is 0 Å². The second-order valence-electron chi connectivity index (χ2n) is 3.99. The summed E-state index contributed by atoms with van der Waals surface area (Å²) in [5.74, 6) is 0. The van der Waals surface area contributed by atoms with E-state index in [9.17, 15) is 4.57 Å². The summed E-state index contributed by atoms with van der Waals surface area (Å²) < 4.78 is 10.6. The molecule has 0 heterocycles. The molecule has 0 unspecified atom stereocenters. The average Bonchev–Trinajstić information content (AvgIpc) is 2.46. The first kappa shape index (κ1) is 15.6. The van der Waals surface area contributed by atoms with E-state index in [4.69, 9.17) is 0 Å². The molecule has 0 aliphatic heterocycles. The van der Waals surface area contributed by atoms with Crippen molar-refractivity contribution in [3.63, 3.8) is 0 Å². The third kappa shape index (κ3) is 6.02. The molecule has 0 atom stereocenters. The minimum atomic E-state index is -1.96. The standard InChI is InChI=1S/C14H15OPSe3/c15-16(17,18-11-13-7-3-1-4-8-13)19-12-14-9-5-2-6-10-14/h1-10H,11-12H2,(H,15,17). The monoisotopic (exact) mass is 470 g/mol. The Morgan fingerprint density at radius 3 is 1.53 bits per heavy atom. The van der Waals surface area contributed by atoms with Crippen LogP contribution < -0.4 is 0 Å². The van der Waals surface area contributed by atoms with Crippen LogP contribution in [0.4, 0.5) is 0 Å². The van der Waals surface area contributed by atoms with Crippen LogP contribution >= 0.6 is 3.21 Å². The first-order valence-corrected chi connectivity index (χ1v) is 16.9. The van der Waals surface area contributed by atoms with E-state index in [1.807, 2.05) is 12.1 Å². The molecular formula is C14H15OPSe3. The SMILES string of the molecule is O=P([SeH])([Se]Cc1ccccc1)[Se]Cc1ccccc1. The van der Waals surface area contributed by atoms with Crippen molar-refractivity contribution >= 4 is 47.8 Å². The summed E-state index contributed by atoms with van der Waals surface area (Å²) in [5.41, 5.74) is 2.62. The van der Waals surface area contributed by atoms with Crippen LogP contribution in [0.15, 0.2) is 60.7 Å². The van der Waals surface area contributed by atoms with Gasteiger partial charge >= 0.3 is 135 Å². The van der Waals surface area contributed by atoms with E-state index in [1.54, 1.807) is 0 Å². The summed E-state index contributed by atoms with van der Waals surface area (Å²) in [6.07, 6.45) is 0. The zero-order valence-electron chi connectivity index (χ0n) is 10.3. The maximum atomic E-state index is 12.6. The van der Waals surface area contributed by atoms with E-state index in [0.29, 0.717) is 0 Å². The molecule has 100 valence electrons. The summed E-state index contributed by atoms with van der Waals surface area (Å²) in [6.45, 7) is 0. The Bertz CT molecular complexity index is 498. The normalized spacial score (nSPS) is 11.4. The number of hydrogen-bond donors (Lipinski definition) is 0. The molecule has 2 aromatic carbocycles. The van der Waals surface area contributed by atoms with Gasteiger partial charge in [-0.2, -0.15) is 0 Å². The molecule has 1 nitrogen and oxygen atoms in total. The molecule has 0 radical (unpaired) electrons. The third-order valence-corrected chi connectivity index (χ3v) is 25.0. The summed E-state index contributed by atoms with van der Waals surface area (Å²) in [4.78, 5) is 0.